The van der Waals surface area contributed by atoms with Crippen LogP contribution in [0, 0.1) is 0 Å². The molecule has 0 radical (unpaired) electrons. The molecule has 8 nitrogen and oxygen atoms in total. The predicted molar refractivity (Wildman–Crippen MR) is 94.0 cm³/mol. The summed E-state index contributed by atoms with van der Waals surface area (Å²) in [5, 5.41) is 14.2. The molecule has 0 bridgehead atoms. The van der Waals surface area contributed by atoms with Gasteiger partial charge in [0.15, 0.2) is 27.6 Å². The van der Waals surface area contributed by atoms with Crippen LogP contribution >= 0.6 is 23.1 Å². The van der Waals surface area contributed by atoms with E-state index in [9.17, 15) is 4.79 Å². The summed E-state index contributed by atoms with van der Waals surface area (Å²) in [6, 6.07) is 5.62. The van der Waals surface area contributed by atoms with Crippen molar-refractivity contribution in [3.05, 3.63) is 29.8 Å². The Bertz CT molecular complexity index is 910. The van der Waals surface area contributed by atoms with Crippen molar-refractivity contribution >= 4 is 34.1 Å². The average molecular weight is 375 g/mol. The van der Waals surface area contributed by atoms with Crippen LogP contribution in [-0.2, 0) is 11.8 Å². The van der Waals surface area contributed by atoms with Gasteiger partial charge in [0.1, 0.15) is 0 Å². The van der Waals surface area contributed by atoms with Crippen molar-refractivity contribution in [2.75, 3.05) is 17.9 Å². The standard InChI is InChI=1S/C15H13N5O3S2/c1-20-13(9-2-3-10-11(6-9)23-8-22-10)18-19-15(20)25-7-12(21)17-14-16-4-5-24-14/h2-6H,7-8H2,1H3,(H,16,17,21). The van der Waals surface area contributed by atoms with Gasteiger partial charge >= 0.3 is 0 Å². The number of hydrogen-bond donors (Lipinski definition) is 1. The van der Waals surface area contributed by atoms with Gasteiger partial charge in [0.2, 0.25) is 12.7 Å². The molecule has 0 aliphatic carbocycles. The second-order valence-electron chi connectivity index (χ2n) is 5.11. The Morgan fingerprint density at radius 2 is 2.24 bits per heavy atom. The first-order valence-electron chi connectivity index (χ1n) is 7.32. The number of hydrogen-bond acceptors (Lipinski definition) is 8. The number of carbonyl (C=O) groups excluding carboxylic acids is 1. The van der Waals surface area contributed by atoms with Gasteiger partial charge in [0.05, 0.1) is 5.75 Å². The molecule has 25 heavy (non-hydrogen) atoms. The first kappa shape index (κ1) is 15.9. The van der Waals surface area contributed by atoms with Gasteiger partial charge in [-0.2, -0.15) is 0 Å². The van der Waals surface area contributed by atoms with E-state index in [2.05, 4.69) is 20.5 Å². The Kier molecular flexibility index (Phi) is 4.28. The van der Waals surface area contributed by atoms with Crippen molar-refractivity contribution in [2.45, 2.75) is 5.16 Å². The number of aromatic nitrogens is 4. The lowest BCUT2D eigenvalue weighted by Crippen LogP contribution is -2.14. The van der Waals surface area contributed by atoms with Crippen LogP contribution in [0.5, 0.6) is 11.5 Å². The zero-order valence-electron chi connectivity index (χ0n) is 13.1. The van der Waals surface area contributed by atoms with Crippen LogP contribution in [0.4, 0.5) is 5.13 Å². The van der Waals surface area contributed by atoms with E-state index in [0.717, 1.165) is 11.3 Å². The van der Waals surface area contributed by atoms with Gasteiger partial charge in [0.25, 0.3) is 0 Å². The van der Waals surface area contributed by atoms with Crippen molar-refractivity contribution in [1.29, 1.82) is 0 Å². The number of carbonyl (C=O) groups is 1. The number of ether oxygens (including phenoxy) is 2. The van der Waals surface area contributed by atoms with Crippen molar-refractivity contribution < 1.29 is 14.3 Å². The zero-order valence-corrected chi connectivity index (χ0v) is 14.8. The molecule has 1 amide bonds. The van der Waals surface area contributed by atoms with E-state index >= 15 is 0 Å². The highest BCUT2D eigenvalue weighted by molar-refractivity contribution is 7.99. The number of thiazole rings is 1. The number of nitrogens with one attached hydrogen (secondary N) is 1. The Hall–Kier alpha value is -2.59. The minimum absolute atomic E-state index is 0.132. The number of amides is 1. The quantitative estimate of drug-likeness (QED) is 0.685. The summed E-state index contributed by atoms with van der Waals surface area (Å²) in [6.07, 6.45) is 1.65. The van der Waals surface area contributed by atoms with Crippen LogP contribution < -0.4 is 14.8 Å². The SMILES string of the molecule is Cn1c(SCC(=O)Nc2nccs2)nnc1-c1ccc2c(c1)OCO2. The summed E-state index contributed by atoms with van der Waals surface area (Å²) in [5.74, 6) is 2.21. The van der Waals surface area contributed by atoms with Crippen molar-refractivity contribution in [2.24, 2.45) is 7.05 Å². The summed E-state index contributed by atoms with van der Waals surface area (Å²) in [4.78, 5) is 16.0. The monoisotopic (exact) mass is 375 g/mol. The van der Waals surface area contributed by atoms with Gasteiger partial charge in [-0.05, 0) is 18.2 Å². The van der Waals surface area contributed by atoms with Gasteiger partial charge in [-0.1, -0.05) is 11.8 Å². The summed E-state index contributed by atoms with van der Waals surface area (Å²) >= 11 is 2.70. The molecule has 0 saturated carbocycles. The first-order valence-corrected chi connectivity index (χ1v) is 9.19. The van der Waals surface area contributed by atoms with Gasteiger partial charge in [-0.25, -0.2) is 4.98 Å². The summed E-state index contributed by atoms with van der Waals surface area (Å²) in [7, 11) is 1.86. The molecular formula is C15H13N5O3S2. The molecule has 0 atom stereocenters. The van der Waals surface area contributed by atoms with Crippen LogP contribution in [0.3, 0.4) is 0 Å². The lowest BCUT2D eigenvalue weighted by molar-refractivity contribution is -0.113. The van der Waals surface area contributed by atoms with Crippen molar-refractivity contribution in [1.82, 2.24) is 19.7 Å². The Labute approximate surface area is 151 Å². The van der Waals surface area contributed by atoms with Crippen LogP contribution in [0.15, 0.2) is 34.9 Å². The number of benzene rings is 1. The summed E-state index contributed by atoms with van der Waals surface area (Å²) in [6.45, 7) is 0.229. The average Bonchev–Trinajstić information content (AvgIpc) is 3.33. The largest absolute Gasteiger partial charge is 0.454 e. The lowest BCUT2D eigenvalue weighted by atomic mass is 10.2. The molecule has 0 spiro atoms. The van der Waals surface area contributed by atoms with Gasteiger partial charge in [-0.15, -0.1) is 21.5 Å². The fourth-order valence-electron chi connectivity index (χ4n) is 2.30. The summed E-state index contributed by atoms with van der Waals surface area (Å²) in [5.41, 5.74) is 0.873. The molecule has 3 heterocycles. The van der Waals surface area contributed by atoms with Gasteiger partial charge in [-0.3, -0.25) is 4.79 Å². The van der Waals surface area contributed by atoms with Crippen molar-refractivity contribution in [3.8, 4) is 22.9 Å². The molecule has 1 N–H and O–H groups in total. The Morgan fingerprint density at radius 3 is 3.08 bits per heavy atom. The highest BCUT2D eigenvalue weighted by Gasteiger charge is 2.18. The third-order valence-electron chi connectivity index (χ3n) is 3.48. The molecule has 0 fully saturated rings. The molecule has 3 aromatic rings. The second kappa shape index (κ2) is 6.73. The van der Waals surface area contributed by atoms with Crippen LogP contribution in [0.25, 0.3) is 11.4 Å². The number of anilines is 1. The van der Waals surface area contributed by atoms with E-state index in [1.54, 1.807) is 6.20 Å². The molecule has 1 aliphatic rings. The number of fused-ring (bicyclic) bond motifs is 1. The van der Waals surface area contributed by atoms with Crippen LogP contribution in [-0.4, -0.2) is 38.2 Å². The second-order valence-corrected chi connectivity index (χ2v) is 6.94. The molecule has 4 rings (SSSR count). The van der Waals surface area contributed by atoms with E-state index in [1.165, 1.54) is 23.1 Å². The first-order chi connectivity index (χ1) is 12.2. The maximum Gasteiger partial charge on any atom is 0.236 e. The smallest absolute Gasteiger partial charge is 0.236 e. The van der Waals surface area contributed by atoms with E-state index < -0.39 is 0 Å². The molecule has 0 saturated heterocycles. The molecule has 128 valence electrons. The summed E-state index contributed by atoms with van der Waals surface area (Å²) < 4.78 is 12.6. The maximum atomic E-state index is 11.9. The van der Waals surface area contributed by atoms with Gasteiger partial charge < -0.3 is 19.4 Å². The van der Waals surface area contributed by atoms with E-state index in [4.69, 9.17) is 9.47 Å². The minimum Gasteiger partial charge on any atom is -0.454 e. The fourth-order valence-corrected chi connectivity index (χ4v) is 3.55. The third kappa shape index (κ3) is 3.30. The topological polar surface area (TPSA) is 91.2 Å². The molecule has 10 heteroatoms. The molecule has 0 unspecified atom stereocenters. The lowest BCUT2D eigenvalue weighted by Gasteiger charge is -2.05. The zero-order chi connectivity index (χ0) is 17.2. The molecular weight excluding hydrogens is 362 g/mol. The highest BCUT2D eigenvalue weighted by Crippen LogP contribution is 2.35. The normalized spacial score (nSPS) is 12.4. The van der Waals surface area contributed by atoms with E-state index in [-0.39, 0.29) is 18.5 Å². The molecule has 2 aromatic heterocycles. The maximum absolute atomic E-state index is 11.9. The van der Waals surface area contributed by atoms with Crippen LogP contribution in [0.1, 0.15) is 0 Å². The Morgan fingerprint density at radius 1 is 1.36 bits per heavy atom. The number of thioether (sulfide) groups is 1. The minimum atomic E-state index is -0.132. The third-order valence-corrected chi connectivity index (χ3v) is 5.19. The number of nitrogens with zero attached hydrogens (tertiary/aromatic N) is 4. The molecule has 1 aliphatic heterocycles. The predicted octanol–water partition coefficient (Wildman–Crippen LogP) is 2.40. The Balaban J connectivity index is 1.45. The van der Waals surface area contributed by atoms with E-state index in [1.807, 2.05) is 35.2 Å². The molecule has 1 aromatic carbocycles. The highest BCUT2D eigenvalue weighted by atomic mass is 32.2. The van der Waals surface area contributed by atoms with E-state index in [0.29, 0.717) is 21.9 Å². The fraction of sp³-hybridized carbons (Fsp3) is 0.200. The van der Waals surface area contributed by atoms with Crippen LogP contribution in [0.2, 0.25) is 0 Å². The van der Waals surface area contributed by atoms with Crippen molar-refractivity contribution in [3.63, 3.8) is 0 Å². The van der Waals surface area contributed by atoms with Gasteiger partial charge in [0, 0.05) is 24.2 Å². The number of rotatable bonds is 5.